The first-order chi connectivity index (χ1) is 11.6. The van der Waals surface area contributed by atoms with Crippen LogP contribution in [0.5, 0.6) is 0 Å². The van der Waals surface area contributed by atoms with Gasteiger partial charge in [-0.05, 0) is 24.3 Å². The summed E-state index contributed by atoms with van der Waals surface area (Å²) in [7, 11) is 2.64. The first kappa shape index (κ1) is 18.3. The summed E-state index contributed by atoms with van der Waals surface area (Å²) in [5, 5.41) is 17.5. The molecule has 0 aliphatic rings. The molecule has 0 bridgehead atoms. The summed E-state index contributed by atoms with van der Waals surface area (Å²) in [5.41, 5.74) is 1.32. The number of aliphatic carboxylic acids is 2. The molecule has 8 heteroatoms. The second kappa shape index (κ2) is 9.29. The normalized spacial score (nSPS) is 13.2. The number of carbonyl (C=O) groups is 2. The molecule has 0 saturated carbocycles. The molecule has 2 aromatic heterocycles. The van der Waals surface area contributed by atoms with Gasteiger partial charge >= 0.3 is 11.9 Å². The number of aromatic nitrogens is 2. The number of pyridine rings is 2. The summed E-state index contributed by atoms with van der Waals surface area (Å²) in [6.07, 6.45) is 3.05. The molecule has 2 unspecified atom stereocenters. The van der Waals surface area contributed by atoms with E-state index < -0.39 is 11.9 Å². The second-order valence-electron chi connectivity index (χ2n) is 4.87. The Labute approximate surface area is 147 Å². The van der Waals surface area contributed by atoms with E-state index in [0.717, 1.165) is 0 Å². The zero-order valence-corrected chi connectivity index (χ0v) is 14.2. The van der Waals surface area contributed by atoms with Crippen molar-refractivity contribution in [2.24, 2.45) is 0 Å². The van der Waals surface area contributed by atoms with E-state index in [1.54, 1.807) is 48.8 Å². The summed E-state index contributed by atoms with van der Waals surface area (Å²) in [6.45, 7) is 0. The van der Waals surface area contributed by atoms with Gasteiger partial charge in [-0.2, -0.15) is 0 Å². The van der Waals surface area contributed by atoms with E-state index in [-0.39, 0.29) is 23.3 Å². The molecule has 0 aromatic carbocycles. The van der Waals surface area contributed by atoms with Crippen LogP contribution in [-0.4, -0.2) is 32.1 Å². The Bertz CT molecular complexity index is 611. The number of carboxylic acid groups (broad SMARTS) is 2. The third kappa shape index (κ3) is 5.86. The minimum atomic E-state index is -0.925. The molecule has 0 radical (unpaired) electrons. The Balaban J connectivity index is 2.12. The minimum Gasteiger partial charge on any atom is -0.481 e. The molecule has 2 aromatic rings. The first-order valence-corrected chi connectivity index (χ1v) is 9.41. The highest BCUT2D eigenvalue weighted by atomic mass is 33.1. The summed E-state index contributed by atoms with van der Waals surface area (Å²) < 4.78 is 0. The molecule has 2 atom stereocenters. The quantitative estimate of drug-likeness (QED) is 0.651. The van der Waals surface area contributed by atoms with Gasteiger partial charge in [0.15, 0.2) is 0 Å². The SMILES string of the molecule is O=C(O)CC(SSC(CC(=O)O)c1ccccn1)c1ccccn1. The number of carboxylic acids is 2. The third-order valence-corrected chi connectivity index (χ3v) is 6.16. The number of hydrogen-bond acceptors (Lipinski definition) is 6. The van der Waals surface area contributed by atoms with Crippen molar-refractivity contribution in [2.75, 3.05) is 0 Å². The lowest BCUT2D eigenvalue weighted by Crippen LogP contribution is -2.06. The summed E-state index contributed by atoms with van der Waals surface area (Å²) in [5.74, 6) is -1.85. The Kier molecular flexibility index (Phi) is 7.07. The van der Waals surface area contributed by atoms with E-state index in [1.807, 2.05) is 0 Å². The van der Waals surface area contributed by atoms with Gasteiger partial charge in [-0.3, -0.25) is 19.6 Å². The van der Waals surface area contributed by atoms with Gasteiger partial charge < -0.3 is 10.2 Å². The zero-order valence-electron chi connectivity index (χ0n) is 12.6. The molecule has 24 heavy (non-hydrogen) atoms. The molecular formula is C16H16N2O4S2. The first-order valence-electron chi connectivity index (χ1n) is 7.14. The molecule has 0 aliphatic heterocycles. The van der Waals surface area contributed by atoms with Crippen molar-refractivity contribution in [3.8, 4) is 0 Å². The van der Waals surface area contributed by atoms with Crippen molar-refractivity contribution in [3.05, 3.63) is 60.2 Å². The molecule has 2 N–H and O–H groups in total. The maximum absolute atomic E-state index is 11.1. The van der Waals surface area contributed by atoms with E-state index in [9.17, 15) is 9.59 Å². The van der Waals surface area contributed by atoms with Crippen molar-refractivity contribution in [1.82, 2.24) is 9.97 Å². The molecule has 2 rings (SSSR count). The van der Waals surface area contributed by atoms with E-state index in [2.05, 4.69) is 9.97 Å². The van der Waals surface area contributed by atoms with Crippen LogP contribution in [0.15, 0.2) is 48.8 Å². The molecular weight excluding hydrogens is 348 g/mol. The smallest absolute Gasteiger partial charge is 0.304 e. The van der Waals surface area contributed by atoms with Gasteiger partial charge in [-0.1, -0.05) is 33.7 Å². The van der Waals surface area contributed by atoms with Crippen LogP contribution >= 0.6 is 21.6 Å². The van der Waals surface area contributed by atoms with E-state index in [1.165, 1.54) is 21.6 Å². The highest BCUT2D eigenvalue weighted by molar-refractivity contribution is 8.76. The van der Waals surface area contributed by atoms with Crippen molar-refractivity contribution < 1.29 is 19.8 Å². The lowest BCUT2D eigenvalue weighted by Gasteiger charge is -2.18. The van der Waals surface area contributed by atoms with E-state index in [0.29, 0.717) is 11.4 Å². The maximum Gasteiger partial charge on any atom is 0.304 e. The van der Waals surface area contributed by atoms with Crippen molar-refractivity contribution in [3.63, 3.8) is 0 Å². The molecule has 0 aliphatic carbocycles. The van der Waals surface area contributed by atoms with Crippen molar-refractivity contribution in [1.29, 1.82) is 0 Å². The zero-order chi connectivity index (χ0) is 17.4. The van der Waals surface area contributed by atoms with Gasteiger partial charge in [-0.25, -0.2) is 0 Å². The minimum absolute atomic E-state index is 0.0866. The lowest BCUT2D eigenvalue weighted by molar-refractivity contribution is -0.138. The van der Waals surface area contributed by atoms with Gasteiger partial charge in [0, 0.05) is 12.4 Å². The van der Waals surface area contributed by atoms with Crippen LogP contribution in [0.25, 0.3) is 0 Å². The van der Waals surface area contributed by atoms with Gasteiger partial charge in [0.25, 0.3) is 0 Å². The topological polar surface area (TPSA) is 100 Å². The van der Waals surface area contributed by atoms with Crippen LogP contribution in [0.2, 0.25) is 0 Å². The molecule has 0 spiro atoms. The fourth-order valence-electron chi connectivity index (χ4n) is 1.96. The molecule has 2 heterocycles. The van der Waals surface area contributed by atoms with Crippen LogP contribution in [0.4, 0.5) is 0 Å². The van der Waals surface area contributed by atoms with Crippen LogP contribution in [0, 0.1) is 0 Å². The van der Waals surface area contributed by atoms with Crippen molar-refractivity contribution >= 4 is 33.5 Å². The molecule has 0 fully saturated rings. The Hall–Kier alpha value is -2.06. The maximum atomic E-state index is 11.1. The highest BCUT2D eigenvalue weighted by Gasteiger charge is 2.23. The van der Waals surface area contributed by atoms with Gasteiger partial charge in [0.2, 0.25) is 0 Å². The van der Waals surface area contributed by atoms with Crippen LogP contribution < -0.4 is 0 Å². The Morgan fingerprint density at radius 2 is 1.25 bits per heavy atom. The fourth-order valence-corrected chi connectivity index (χ4v) is 4.93. The Morgan fingerprint density at radius 3 is 1.54 bits per heavy atom. The predicted molar refractivity (Wildman–Crippen MR) is 93.6 cm³/mol. The van der Waals surface area contributed by atoms with Gasteiger partial charge in [0.1, 0.15) is 0 Å². The average Bonchev–Trinajstić information content (AvgIpc) is 2.58. The van der Waals surface area contributed by atoms with Crippen molar-refractivity contribution in [2.45, 2.75) is 23.3 Å². The summed E-state index contributed by atoms with van der Waals surface area (Å²) in [6, 6.07) is 10.7. The second-order valence-corrected chi connectivity index (χ2v) is 7.55. The van der Waals surface area contributed by atoms with Gasteiger partial charge in [0.05, 0.1) is 34.7 Å². The van der Waals surface area contributed by atoms with Crippen LogP contribution in [0.3, 0.4) is 0 Å². The molecule has 126 valence electrons. The predicted octanol–water partition coefficient (Wildman–Crippen LogP) is 3.59. The largest absolute Gasteiger partial charge is 0.481 e. The monoisotopic (exact) mass is 364 g/mol. The molecule has 6 nitrogen and oxygen atoms in total. The lowest BCUT2D eigenvalue weighted by atomic mass is 10.2. The molecule has 0 saturated heterocycles. The van der Waals surface area contributed by atoms with Crippen LogP contribution in [0.1, 0.15) is 34.7 Å². The van der Waals surface area contributed by atoms with E-state index in [4.69, 9.17) is 10.2 Å². The fraction of sp³-hybridized carbons (Fsp3) is 0.250. The van der Waals surface area contributed by atoms with E-state index >= 15 is 0 Å². The number of nitrogens with zero attached hydrogens (tertiary/aromatic N) is 2. The Morgan fingerprint density at radius 1 is 0.833 bits per heavy atom. The third-order valence-electron chi connectivity index (χ3n) is 3.04. The highest BCUT2D eigenvalue weighted by Crippen LogP contribution is 2.47. The number of hydrogen-bond donors (Lipinski definition) is 2. The van der Waals surface area contributed by atoms with Crippen LogP contribution in [-0.2, 0) is 9.59 Å². The average molecular weight is 364 g/mol. The number of rotatable bonds is 9. The van der Waals surface area contributed by atoms with Gasteiger partial charge in [-0.15, -0.1) is 0 Å². The molecule has 0 amide bonds. The standard InChI is InChI=1S/C16H16N2O4S2/c19-15(20)9-13(11-5-1-3-7-17-11)23-24-14(10-16(21)22)12-6-2-4-8-18-12/h1-8,13-14H,9-10H2,(H,19,20)(H,21,22). The summed E-state index contributed by atoms with van der Waals surface area (Å²) in [4.78, 5) is 30.7. The summed E-state index contributed by atoms with van der Waals surface area (Å²) >= 11 is 0.